The predicted octanol–water partition coefficient (Wildman–Crippen LogP) is 0.530. The van der Waals surface area contributed by atoms with Crippen LogP contribution in [0.1, 0.15) is 19.8 Å². The molecule has 0 aliphatic rings. The van der Waals surface area contributed by atoms with Crippen LogP contribution in [0.15, 0.2) is 4.99 Å². The van der Waals surface area contributed by atoms with Crippen LogP contribution in [-0.2, 0) is 4.74 Å². The summed E-state index contributed by atoms with van der Waals surface area (Å²) in [5.74, 6) is 0.886. The molecule has 0 atom stereocenters. The molecular formula is C12H28N4O. The quantitative estimate of drug-likeness (QED) is 0.353. The summed E-state index contributed by atoms with van der Waals surface area (Å²) in [6.45, 7) is 6.92. The van der Waals surface area contributed by atoms with Crippen molar-refractivity contribution in [2.75, 3.05) is 54.0 Å². The van der Waals surface area contributed by atoms with Gasteiger partial charge in [-0.2, -0.15) is 0 Å². The summed E-state index contributed by atoms with van der Waals surface area (Å²) in [6.07, 6.45) is 2.19. The van der Waals surface area contributed by atoms with Gasteiger partial charge in [-0.15, -0.1) is 0 Å². The highest BCUT2D eigenvalue weighted by Gasteiger charge is 1.99. The largest absolute Gasteiger partial charge is 0.385 e. The minimum absolute atomic E-state index is 0.831. The molecule has 0 fully saturated rings. The topological polar surface area (TPSA) is 48.9 Å². The van der Waals surface area contributed by atoms with Gasteiger partial charge in [0.05, 0.1) is 0 Å². The van der Waals surface area contributed by atoms with Crippen LogP contribution in [0.25, 0.3) is 0 Å². The number of hydrogen-bond donors (Lipinski definition) is 2. The monoisotopic (exact) mass is 244 g/mol. The molecule has 0 amide bonds. The molecule has 0 aromatic heterocycles. The van der Waals surface area contributed by atoms with E-state index in [-0.39, 0.29) is 0 Å². The van der Waals surface area contributed by atoms with E-state index in [1.807, 2.05) is 0 Å². The van der Waals surface area contributed by atoms with Crippen LogP contribution < -0.4 is 10.6 Å². The number of methoxy groups -OCH3 is 1. The highest BCUT2D eigenvalue weighted by Crippen LogP contribution is 1.86. The molecule has 5 heteroatoms. The fourth-order valence-electron chi connectivity index (χ4n) is 1.42. The van der Waals surface area contributed by atoms with Gasteiger partial charge in [-0.3, -0.25) is 4.99 Å². The molecule has 0 heterocycles. The average Bonchev–Trinajstić information content (AvgIpc) is 2.34. The zero-order valence-electron chi connectivity index (χ0n) is 11.8. The Morgan fingerprint density at radius 3 is 2.53 bits per heavy atom. The van der Waals surface area contributed by atoms with Gasteiger partial charge in [0, 0.05) is 46.9 Å². The molecule has 0 aliphatic carbocycles. The van der Waals surface area contributed by atoms with Crippen molar-refractivity contribution in [2.45, 2.75) is 19.8 Å². The second-order valence-corrected chi connectivity index (χ2v) is 4.08. The maximum atomic E-state index is 5.03. The number of nitrogens with zero attached hydrogens (tertiary/aromatic N) is 2. The number of likely N-dealkylation sites (N-methyl/N-ethyl adjacent to an activating group) is 1. The van der Waals surface area contributed by atoms with Crippen LogP contribution in [0.5, 0.6) is 0 Å². The zero-order chi connectivity index (χ0) is 12.9. The normalized spacial score (nSPS) is 11.9. The smallest absolute Gasteiger partial charge is 0.191 e. The zero-order valence-corrected chi connectivity index (χ0v) is 11.8. The van der Waals surface area contributed by atoms with Crippen LogP contribution in [0.3, 0.4) is 0 Å². The second-order valence-electron chi connectivity index (χ2n) is 4.08. The Balaban J connectivity index is 3.52. The first-order valence-electron chi connectivity index (χ1n) is 6.36. The summed E-state index contributed by atoms with van der Waals surface area (Å²) >= 11 is 0. The van der Waals surface area contributed by atoms with Crippen LogP contribution in [0, 0.1) is 0 Å². The number of rotatable bonds is 9. The van der Waals surface area contributed by atoms with E-state index in [1.54, 1.807) is 14.2 Å². The lowest BCUT2D eigenvalue weighted by molar-refractivity contribution is 0.180. The molecule has 102 valence electrons. The highest BCUT2D eigenvalue weighted by molar-refractivity contribution is 5.79. The van der Waals surface area contributed by atoms with Crippen molar-refractivity contribution in [1.82, 2.24) is 15.5 Å². The van der Waals surface area contributed by atoms with Gasteiger partial charge in [0.2, 0.25) is 0 Å². The van der Waals surface area contributed by atoms with Crippen molar-refractivity contribution in [3.63, 3.8) is 0 Å². The Morgan fingerprint density at radius 2 is 1.94 bits per heavy atom. The van der Waals surface area contributed by atoms with Crippen LogP contribution in [0.2, 0.25) is 0 Å². The summed E-state index contributed by atoms with van der Waals surface area (Å²) < 4.78 is 5.03. The third kappa shape index (κ3) is 10.1. The lowest BCUT2D eigenvalue weighted by Crippen LogP contribution is -2.41. The SMILES string of the molecule is CCCNC(=NC)NCCN(C)CCCOC. The Labute approximate surface area is 106 Å². The predicted molar refractivity (Wildman–Crippen MR) is 73.6 cm³/mol. The molecule has 0 unspecified atom stereocenters. The summed E-state index contributed by atoms with van der Waals surface area (Å²) in [4.78, 5) is 6.44. The third-order valence-electron chi connectivity index (χ3n) is 2.44. The minimum Gasteiger partial charge on any atom is -0.385 e. The van der Waals surface area contributed by atoms with E-state index in [9.17, 15) is 0 Å². The summed E-state index contributed by atoms with van der Waals surface area (Å²) in [6, 6.07) is 0. The van der Waals surface area contributed by atoms with Crippen molar-refractivity contribution >= 4 is 5.96 Å². The fraction of sp³-hybridized carbons (Fsp3) is 0.917. The number of hydrogen-bond acceptors (Lipinski definition) is 3. The molecule has 0 rings (SSSR count). The van der Waals surface area contributed by atoms with Crippen LogP contribution in [-0.4, -0.2) is 64.9 Å². The summed E-state index contributed by atoms with van der Waals surface area (Å²) in [7, 11) is 5.66. The first-order chi connectivity index (χ1) is 8.24. The number of ether oxygens (including phenoxy) is 1. The van der Waals surface area contributed by atoms with E-state index in [0.29, 0.717) is 0 Å². The maximum absolute atomic E-state index is 5.03. The van der Waals surface area contributed by atoms with Crippen LogP contribution >= 0.6 is 0 Å². The molecular weight excluding hydrogens is 216 g/mol. The lowest BCUT2D eigenvalue weighted by atomic mass is 10.4. The molecule has 0 aliphatic heterocycles. The van der Waals surface area contributed by atoms with Gasteiger partial charge in [-0.05, 0) is 19.9 Å². The van der Waals surface area contributed by atoms with Gasteiger partial charge < -0.3 is 20.3 Å². The van der Waals surface area contributed by atoms with E-state index in [2.05, 4.69) is 34.5 Å². The Bertz CT molecular complexity index is 197. The Hall–Kier alpha value is -0.810. The molecule has 17 heavy (non-hydrogen) atoms. The molecule has 2 N–H and O–H groups in total. The van der Waals surface area contributed by atoms with E-state index in [0.717, 1.165) is 51.6 Å². The van der Waals surface area contributed by atoms with Gasteiger partial charge in [-0.1, -0.05) is 6.92 Å². The van der Waals surface area contributed by atoms with Crippen molar-refractivity contribution in [1.29, 1.82) is 0 Å². The van der Waals surface area contributed by atoms with E-state index in [1.165, 1.54) is 0 Å². The molecule has 0 saturated heterocycles. The molecule has 0 spiro atoms. The standard InChI is InChI=1S/C12H28N4O/c1-5-7-14-12(13-2)15-8-10-16(3)9-6-11-17-4/h5-11H2,1-4H3,(H2,13,14,15). The van der Waals surface area contributed by atoms with E-state index < -0.39 is 0 Å². The van der Waals surface area contributed by atoms with Gasteiger partial charge in [0.25, 0.3) is 0 Å². The second kappa shape index (κ2) is 11.7. The lowest BCUT2D eigenvalue weighted by Gasteiger charge is -2.17. The van der Waals surface area contributed by atoms with E-state index >= 15 is 0 Å². The van der Waals surface area contributed by atoms with Gasteiger partial charge >= 0.3 is 0 Å². The maximum Gasteiger partial charge on any atom is 0.191 e. The van der Waals surface area contributed by atoms with Crippen molar-refractivity contribution in [3.05, 3.63) is 0 Å². The third-order valence-corrected chi connectivity index (χ3v) is 2.44. The first kappa shape index (κ1) is 16.2. The fourth-order valence-corrected chi connectivity index (χ4v) is 1.42. The van der Waals surface area contributed by atoms with Gasteiger partial charge in [0.1, 0.15) is 0 Å². The molecule has 0 saturated carbocycles. The Morgan fingerprint density at radius 1 is 1.24 bits per heavy atom. The minimum atomic E-state index is 0.831. The van der Waals surface area contributed by atoms with E-state index in [4.69, 9.17) is 4.74 Å². The molecule has 0 bridgehead atoms. The van der Waals surface area contributed by atoms with Gasteiger partial charge in [-0.25, -0.2) is 0 Å². The van der Waals surface area contributed by atoms with Crippen molar-refractivity contribution in [2.24, 2.45) is 4.99 Å². The van der Waals surface area contributed by atoms with Crippen LogP contribution in [0.4, 0.5) is 0 Å². The highest BCUT2D eigenvalue weighted by atomic mass is 16.5. The molecule has 0 aromatic carbocycles. The number of aliphatic imine (C=N–C) groups is 1. The molecule has 0 aromatic rings. The molecule has 0 radical (unpaired) electrons. The summed E-state index contributed by atoms with van der Waals surface area (Å²) in [5, 5.41) is 6.54. The first-order valence-corrected chi connectivity index (χ1v) is 6.36. The Kier molecular flexibility index (Phi) is 11.1. The van der Waals surface area contributed by atoms with Gasteiger partial charge in [0.15, 0.2) is 5.96 Å². The van der Waals surface area contributed by atoms with Crippen molar-refractivity contribution < 1.29 is 4.74 Å². The average molecular weight is 244 g/mol. The number of guanidine groups is 1. The van der Waals surface area contributed by atoms with Crippen molar-refractivity contribution in [3.8, 4) is 0 Å². The number of nitrogens with one attached hydrogen (secondary N) is 2. The molecule has 5 nitrogen and oxygen atoms in total. The summed E-state index contributed by atoms with van der Waals surface area (Å²) in [5.41, 5.74) is 0.